The van der Waals surface area contributed by atoms with Crippen LogP contribution in [-0.4, -0.2) is 17.6 Å². The zero-order chi connectivity index (χ0) is 18.9. The van der Waals surface area contributed by atoms with Crippen molar-refractivity contribution in [1.29, 1.82) is 5.26 Å². The van der Waals surface area contributed by atoms with Crippen LogP contribution in [0, 0.1) is 11.3 Å². The van der Waals surface area contributed by atoms with Crippen LogP contribution in [0.2, 0.25) is 0 Å². The number of carbonyl (C=O) groups excluding carboxylic acids is 1. The molecule has 0 spiro atoms. The van der Waals surface area contributed by atoms with E-state index in [1.165, 1.54) is 0 Å². The van der Waals surface area contributed by atoms with E-state index in [2.05, 4.69) is 33.5 Å². The molecule has 0 saturated carbocycles. The van der Waals surface area contributed by atoms with Gasteiger partial charge in [0.25, 0.3) is 5.91 Å². The summed E-state index contributed by atoms with van der Waals surface area (Å²) >= 11 is 8.58. The summed E-state index contributed by atoms with van der Waals surface area (Å²) in [5.74, 6) is 0.380. The number of anilines is 1. The standard InChI is InChI=1S/C19H18BrN3O2S/c1-2-3-10-25-17-9-6-14(11-16(17)20)18(24)23-19(26)22-15-7-4-13(12-21)5-8-15/h4-9,11H,2-3,10H2,1H3,(H2,22,23,24,26). The average Bonchev–Trinajstić information content (AvgIpc) is 2.63. The van der Waals surface area contributed by atoms with E-state index in [9.17, 15) is 4.79 Å². The first-order valence-electron chi connectivity index (χ1n) is 8.08. The molecule has 0 unspecified atom stereocenters. The van der Waals surface area contributed by atoms with Crippen LogP contribution >= 0.6 is 28.1 Å². The first-order valence-corrected chi connectivity index (χ1v) is 9.28. The zero-order valence-electron chi connectivity index (χ0n) is 14.2. The van der Waals surface area contributed by atoms with Crippen molar-refractivity contribution in [2.75, 3.05) is 11.9 Å². The van der Waals surface area contributed by atoms with Crippen LogP contribution in [0.15, 0.2) is 46.9 Å². The lowest BCUT2D eigenvalue weighted by Gasteiger charge is -2.11. The molecule has 134 valence electrons. The quantitative estimate of drug-likeness (QED) is 0.515. The van der Waals surface area contributed by atoms with Crippen LogP contribution in [-0.2, 0) is 0 Å². The maximum Gasteiger partial charge on any atom is 0.257 e. The topological polar surface area (TPSA) is 74.2 Å². The van der Waals surface area contributed by atoms with Gasteiger partial charge in [-0.3, -0.25) is 10.1 Å². The first kappa shape index (κ1) is 19.9. The minimum absolute atomic E-state index is 0.180. The van der Waals surface area contributed by atoms with Gasteiger partial charge in [-0.2, -0.15) is 5.26 Å². The van der Waals surface area contributed by atoms with Gasteiger partial charge in [-0.25, -0.2) is 0 Å². The summed E-state index contributed by atoms with van der Waals surface area (Å²) in [4.78, 5) is 12.3. The molecular weight excluding hydrogens is 414 g/mol. The molecule has 0 aliphatic rings. The van der Waals surface area contributed by atoms with Gasteiger partial charge < -0.3 is 10.1 Å². The Balaban J connectivity index is 1.94. The number of hydrogen-bond acceptors (Lipinski definition) is 4. The average molecular weight is 432 g/mol. The van der Waals surface area contributed by atoms with Crippen LogP contribution in [0.4, 0.5) is 5.69 Å². The second-order valence-corrected chi connectivity index (χ2v) is 6.71. The molecule has 0 radical (unpaired) electrons. The van der Waals surface area contributed by atoms with Gasteiger partial charge in [0, 0.05) is 11.3 Å². The largest absolute Gasteiger partial charge is 0.492 e. The van der Waals surface area contributed by atoms with E-state index in [1.54, 1.807) is 42.5 Å². The van der Waals surface area contributed by atoms with E-state index in [1.807, 2.05) is 6.07 Å². The number of halogens is 1. The fourth-order valence-electron chi connectivity index (χ4n) is 2.05. The molecular formula is C19H18BrN3O2S. The molecule has 0 saturated heterocycles. The van der Waals surface area contributed by atoms with E-state index in [0.717, 1.165) is 12.8 Å². The monoisotopic (exact) mass is 431 g/mol. The molecule has 2 N–H and O–H groups in total. The number of nitrogens with zero attached hydrogens (tertiary/aromatic N) is 1. The van der Waals surface area contributed by atoms with Crippen LogP contribution in [0.25, 0.3) is 0 Å². The summed E-state index contributed by atoms with van der Waals surface area (Å²) in [6.07, 6.45) is 2.03. The lowest BCUT2D eigenvalue weighted by molar-refractivity contribution is 0.0977. The maximum absolute atomic E-state index is 12.3. The van der Waals surface area contributed by atoms with E-state index in [-0.39, 0.29) is 11.0 Å². The van der Waals surface area contributed by atoms with E-state index in [0.29, 0.717) is 33.6 Å². The van der Waals surface area contributed by atoms with Crippen molar-refractivity contribution in [3.05, 3.63) is 58.1 Å². The Morgan fingerprint density at radius 1 is 1.27 bits per heavy atom. The van der Waals surface area contributed by atoms with Crippen molar-refractivity contribution >= 4 is 44.9 Å². The number of unbranched alkanes of at least 4 members (excludes halogenated alkanes) is 1. The van der Waals surface area contributed by atoms with Gasteiger partial charge in [-0.05, 0) is 77.0 Å². The van der Waals surface area contributed by atoms with Crippen molar-refractivity contribution in [3.8, 4) is 11.8 Å². The van der Waals surface area contributed by atoms with Crippen LogP contribution in [0.3, 0.4) is 0 Å². The Kier molecular flexibility index (Phi) is 7.57. The number of amides is 1. The van der Waals surface area contributed by atoms with Crippen molar-refractivity contribution < 1.29 is 9.53 Å². The summed E-state index contributed by atoms with van der Waals surface area (Å²) in [5.41, 5.74) is 1.70. The Hall–Kier alpha value is -2.43. The van der Waals surface area contributed by atoms with Crippen molar-refractivity contribution in [2.24, 2.45) is 0 Å². The molecule has 0 aromatic heterocycles. The van der Waals surface area contributed by atoms with Gasteiger partial charge in [0.05, 0.1) is 22.7 Å². The Morgan fingerprint density at radius 3 is 2.62 bits per heavy atom. The molecule has 5 nitrogen and oxygen atoms in total. The normalized spacial score (nSPS) is 9.88. The molecule has 2 aromatic carbocycles. The molecule has 0 heterocycles. The van der Waals surface area contributed by atoms with Crippen molar-refractivity contribution in [1.82, 2.24) is 5.32 Å². The number of nitriles is 1. The van der Waals surface area contributed by atoms with Gasteiger partial charge in [0.1, 0.15) is 5.75 Å². The Bertz CT molecular complexity index is 832. The highest BCUT2D eigenvalue weighted by molar-refractivity contribution is 9.10. The fraction of sp³-hybridized carbons (Fsp3) is 0.211. The molecule has 0 atom stereocenters. The first-order chi connectivity index (χ1) is 12.5. The lowest BCUT2D eigenvalue weighted by atomic mass is 10.2. The summed E-state index contributed by atoms with van der Waals surface area (Å²) in [6, 6.07) is 14.0. The van der Waals surface area contributed by atoms with Gasteiger partial charge >= 0.3 is 0 Å². The maximum atomic E-state index is 12.3. The Morgan fingerprint density at radius 2 is 2.00 bits per heavy atom. The molecule has 0 fully saturated rings. The van der Waals surface area contributed by atoms with Crippen molar-refractivity contribution in [3.63, 3.8) is 0 Å². The molecule has 2 rings (SSSR count). The number of nitrogens with one attached hydrogen (secondary N) is 2. The summed E-state index contributed by atoms with van der Waals surface area (Å²) in [7, 11) is 0. The lowest BCUT2D eigenvalue weighted by Crippen LogP contribution is -2.34. The van der Waals surface area contributed by atoms with E-state index < -0.39 is 0 Å². The third kappa shape index (κ3) is 5.83. The molecule has 0 aliphatic carbocycles. The van der Waals surface area contributed by atoms with Gasteiger partial charge in [0.2, 0.25) is 0 Å². The molecule has 0 aliphatic heterocycles. The molecule has 0 bridgehead atoms. The fourth-order valence-corrected chi connectivity index (χ4v) is 2.76. The van der Waals surface area contributed by atoms with Gasteiger partial charge in [-0.15, -0.1) is 0 Å². The number of thiocarbonyl (C=S) groups is 1. The molecule has 26 heavy (non-hydrogen) atoms. The highest BCUT2D eigenvalue weighted by atomic mass is 79.9. The van der Waals surface area contributed by atoms with Crippen LogP contribution < -0.4 is 15.4 Å². The predicted molar refractivity (Wildman–Crippen MR) is 109 cm³/mol. The summed E-state index contributed by atoms with van der Waals surface area (Å²) < 4.78 is 6.37. The second kappa shape index (κ2) is 9.90. The van der Waals surface area contributed by atoms with E-state index in [4.69, 9.17) is 22.2 Å². The van der Waals surface area contributed by atoms with Crippen molar-refractivity contribution in [2.45, 2.75) is 19.8 Å². The molecule has 2 aromatic rings. The highest BCUT2D eigenvalue weighted by Gasteiger charge is 2.11. The highest BCUT2D eigenvalue weighted by Crippen LogP contribution is 2.26. The third-order valence-electron chi connectivity index (χ3n) is 3.45. The number of ether oxygens (including phenoxy) is 1. The minimum atomic E-state index is -0.322. The van der Waals surface area contributed by atoms with Crippen LogP contribution in [0.1, 0.15) is 35.7 Å². The minimum Gasteiger partial charge on any atom is -0.492 e. The Labute approximate surface area is 166 Å². The smallest absolute Gasteiger partial charge is 0.257 e. The predicted octanol–water partition coefficient (Wildman–Crippen LogP) is 4.63. The third-order valence-corrected chi connectivity index (χ3v) is 4.27. The number of rotatable bonds is 6. The summed E-state index contributed by atoms with van der Waals surface area (Å²) in [6.45, 7) is 2.74. The second-order valence-electron chi connectivity index (χ2n) is 5.44. The van der Waals surface area contributed by atoms with Gasteiger partial charge in [-0.1, -0.05) is 13.3 Å². The number of hydrogen-bond donors (Lipinski definition) is 2. The number of carbonyl (C=O) groups is 1. The molecule has 1 amide bonds. The SMILES string of the molecule is CCCCOc1ccc(C(=O)NC(=S)Nc2ccc(C#N)cc2)cc1Br. The van der Waals surface area contributed by atoms with Gasteiger partial charge in [0.15, 0.2) is 5.11 Å². The summed E-state index contributed by atoms with van der Waals surface area (Å²) in [5, 5.41) is 14.5. The van der Waals surface area contributed by atoms with E-state index >= 15 is 0 Å². The zero-order valence-corrected chi connectivity index (χ0v) is 16.6. The van der Waals surface area contributed by atoms with Crippen LogP contribution in [0.5, 0.6) is 5.75 Å². The molecule has 7 heteroatoms. The number of benzene rings is 2.